The molecule has 16 heavy (non-hydrogen) atoms. The van der Waals surface area contributed by atoms with Crippen molar-refractivity contribution in [3.63, 3.8) is 0 Å². The van der Waals surface area contributed by atoms with Gasteiger partial charge in [0.25, 0.3) is 0 Å². The van der Waals surface area contributed by atoms with E-state index in [0.717, 1.165) is 43.0 Å². The topological polar surface area (TPSA) is 68.2 Å². The highest BCUT2D eigenvalue weighted by Gasteiger charge is 2.00. The third-order valence-corrected chi connectivity index (χ3v) is 2.38. The summed E-state index contributed by atoms with van der Waals surface area (Å²) in [4.78, 5) is 4.34. The number of hydrogen-bond acceptors (Lipinski definition) is 4. The normalized spacial score (nSPS) is 11.1. The second kappa shape index (κ2) is 5.05. The minimum Gasteiger partial charge on any atom is -0.330 e. The molecular formula is C11H17N5. The molecule has 2 rings (SSSR count). The first-order chi connectivity index (χ1) is 7.79. The van der Waals surface area contributed by atoms with Crippen molar-refractivity contribution in [2.45, 2.75) is 19.9 Å². The lowest BCUT2D eigenvalue weighted by atomic mass is 10.3. The fourth-order valence-electron chi connectivity index (χ4n) is 1.58. The highest BCUT2D eigenvalue weighted by Crippen LogP contribution is 2.04. The van der Waals surface area contributed by atoms with E-state index < -0.39 is 0 Å². The van der Waals surface area contributed by atoms with Crippen LogP contribution in [0.25, 0.3) is 5.65 Å². The summed E-state index contributed by atoms with van der Waals surface area (Å²) in [6.07, 6.45) is 4.88. The van der Waals surface area contributed by atoms with E-state index in [-0.39, 0.29) is 0 Å². The molecule has 2 heterocycles. The molecule has 0 aliphatic carbocycles. The van der Waals surface area contributed by atoms with Crippen LogP contribution < -0.4 is 11.1 Å². The second-order valence-electron chi connectivity index (χ2n) is 3.87. The largest absolute Gasteiger partial charge is 0.330 e. The maximum absolute atomic E-state index is 5.42. The van der Waals surface area contributed by atoms with Crippen LogP contribution in [0.2, 0.25) is 0 Å². The summed E-state index contributed by atoms with van der Waals surface area (Å²) in [7, 11) is 0. The van der Waals surface area contributed by atoms with Crippen LogP contribution >= 0.6 is 0 Å². The molecule has 0 spiro atoms. The Bertz CT molecular complexity index is 462. The zero-order chi connectivity index (χ0) is 11.4. The highest BCUT2D eigenvalue weighted by molar-refractivity contribution is 5.38. The summed E-state index contributed by atoms with van der Waals surface area (Å²) in [5, 5.41) is 7.64. The maximum Gasteiger partial charge on any atom is 0.155 e. The summed E-state index contributed by atoms with van der Waals surface area (Å²) in [5.74, 6) is 0. The molecule has 0 aliphatic rings. The fraction of sp³-hybridized carbons (Fsp3) is 0.455. The maximum atomic E-state index is 5.42. The number of aromatic nitrogens is 3. The highest BCUT2D eigenvalue weighted by atomic mass is 15.2. The summed E-state index contributed by atoms with van der Waals surface area (Å²) < 4.78 is 1.81. The van der Waals surface area contributed by atoms with Gasteiger partial charge < -0.3 is 11.1 Å². The number of fused-ring (bicyclic) bond motifs is 1. The molecule has 0 bridgehead atoms. The molecule has 86 valence electrons. The molecule has 3 N–H and O–H groups in total. The van der Waals surface area contributed by atoms with Crippen molar-refractivity contribution in [1.29, 1.82) is 0 Å². The molecule has 0 fully saturated rings. The Labute approximate surface area is 94.7 Å². The molecule has 0 aromatic carbocycles. The van der Waals surface area contributed by atoms with E-state index in [1.165, 1.54) is 0 Å². The minimum atomic E-state index is 0.725. The SMILES string of the molecule is Cc1cc2ncc(CNCCCN)cn2n1. The van der Waals surface area contributed by atoms with Crippen LogP contribution in [0.5, 0.6) is 0 Å². The molecule has 5 nitrogen and oxygen atoms in total. The van der Waals surface area contributed by atoms with Crippen LogP contribution in [0.15, 0.2) is 18.5 Å². The fourth-order valence-corrected chi connectivity index (χ4v) is 1.58. The van der Waals surface area contributed by atoms with Crippen molar-refractivity contribution < 1.29 is 0 Å². The van der Waals surface area contributed by atoms with Crippen LogP contribution in [-0.2, 0) is 6.54 Å². The first kappa shape index (κ1) is 11.0. The number of rotatable bonds is 5. The third-order valence-electron chi connectivity index (χ3n) is 2.38. The number of nitrogens with zero attached hydrogens (tertiary/aromatic N) is 3. The van der Waals surface area contributed by atoms with Gasteiger partial charge in [0.15, 0.2) is 5.65 Å². The summed E-state index contributed by atoms with van der Waals surface area (Å²) in [6, 6.07) is 1.96. The molecule has 2 aromatic rings. The standard InChI is InChI=1S/C11H17N5/c1-9-5-11-14-7-10(8-16(11)15-9)6-13-4-2-3-12/h5,7-8,13H,2-4,6,12H2,1H3. The molecule has 0 atom stereocenters. The summed E-state index contributed by atoms with van der Waals surface area (Å²) in [6.45, 7) is 4.44. The number of nitrogens with one attached hydrogen (secondary N) is 1. The molecule has 5 heteroatoms. The molecule has 0 saturated heterocycles. The molecule has 0 radical (unpaired) electrons. The molecule has 0 unspecified atom stereocenters. The van der Waals surface area contributed by atoms with Gasteiger partial charge in [-0.05, 0) is 26.4 Å². The van der Waals surface area contributed by atoms with Gasteiger partial charge in [0, 0.05) is 30.6 Å². The Morgan fingerprint density at radius 3 is 3.19 bits per heavy atom. The van der Waals surface area contributed by atoms with Crippen LogP contribution in [0.1, 0.15) is 17.7 Å². The zero-order valence-corrected chi connectivity index (χ0v) is 9.48. The van der Waals surface area contributed by atoms with Crippen molar-refractivity contribution >= 4 is 5.65 Å². The van der Waals surface area contributed by atoms with Crippen molar-refractivity contribution in [2.75, 3.05) is 13.1 Å². The molecule has 0 amide bonds. The number of nitrogens with two attached hydrogens (primary N) is 1. The third kappa shape index (κ3) is 2.56. The lowest BCUT2D eigenvalue weighted by molar-refractivity contribution is 0.651. The molecule has 2 aromatic heterocycles. The van der Waals surface area contributed by atoms with Gasteiger partial charge in [-0.25, -0.2) is 9.50 Å². The molecular weight excluding hydrogens is 202 g/mol. The second-order valence-corrected chi connectivity index (χ2v) is 3.87. The first-order valence-corrected chi connectivity index (χ1v) is 5.51. The number of aryl methyl sites for hydroxylation is 1. The van der Waals surface area contributed by atoms with E-state index in [1.807, 2.05) is 29.9 Å². The quantitative estimate of drug-likeness (QED) is 0.718. The monoisotopic (exact) mass is 219 g/mol. The predicted molar refractivity (Wildman–Crippen MR) is 63.1 cm³/mol. The smallest absolute Gasteiger partial charge is 0.155 e. The lowest BCUT2D eigenvalue weighted by Gasteiger charge is -2.03. The Balaban J connectivity index is 2.02. The van der Waals surface area contributed by atoms with Gasteiger partial charge in [-0.3, -0.25) is 0 Å². The Kier molecular flexibility index (Phi) is 3.48. The number of hydrogen-bond donors (Lipinski definition) is 2. The van der Waals surface area contributed by atoms with Crippen molar-refractivity contribution in [2.24, 2.45) is 5.73 Å². The van der Waals surface area contributed by atoms with Gasteiger partial charge in [-0.2, -0.15) is 5.10 Å². The first-order valence-electron chi connectivity index (χ1n) is 5.51. The van der Waals surface area contributed by atoms with Gasteiger partial charge in [0.2, 0.25) is 0 Å². The average Bonchev–Trinajstić information content (AvgIpc) is 2.64. The van der Waals surface area contributed by atoms with Gasteiger partial charge in [-0.1, -0.05) is 0 Å². The average molecular weight is 219 g/mol. The van der Waals surface area contributed by atoms with Crippen LogP contribution in [-0.4, -0.2) is 27.7 Å². The van der Waals surface area contributed by atoms with E-state index in [1.54, 1.807) is 0 Å². The molecule has 0 saturated carbocycles. The van der Waals surface area contributed by atoms with E-state index in [9.17, 15) is 0 Å². The Hall–Kier alpha value is -1.46. The predicted octanol–water partition coefficient (Wildman–Crippen LogP) is 0.476. The van der Waals surface area contributed by atoms with Crippen molar-refractivity contribution in [1.82, 2.24) is 19.9 Å². The van der Waals surface area contributed by atoms with Crippen molar-refractivity contribution in [3.8, 4) is 0 Å². The van der Waals surface area contributed by atoms with Crippen molar-refractivity contribution in [3.05, 3.63) is 29.7 Å². The van der Waals surface area contributed by atoms with Gasteiger partial charge >= 0.3 is 0 Å². The Morgan fingerprint density at radius 1 is 1.50 bits per heavy atom. The summed E-state index contributed by atoms with van der Waals surface area (Å²) >= 11 is 0. The van der Waals surface area contributed by atoms with Gasteiger partial charge in [0.1, 0.15) is 0 Å². The van der Waals surface area contributed by atoms with E-state index in [4.69, 9.17) is 5.73 Å². The summed E-state index contributed by atoms with van der Waals surface area (Å²) in [5.41, 5.74) is 8.43. The minimum absolute atomic E-state index is 0.725. The van der Waals surface area contributed by atoms with E-state index >= 15 is 0 Å². The zero-order valence-electron chi connectivity index (χ0n) is 9.48. The van der Waals surface area contributed by atoms with Gasteiger partial charge in [-0.15, -0.1) is 0 Å². The van der Waals surface area contributed by atoms with Crippen LogP contribution in [0, 0.1) is 6.92 Å². The Morgan fingerprint density at radius 2 is 2.38 bits per heavy atom. The van der Waals surface area contributed by atoms with Crippen LogP contribution in [0.4, 0.5) is 0 Å². The lowest BCUT2D eigenvalue weighted by Crippen LogP contribution is -2.18. The van der Waals surface area contributed by atoms with Gasteiger partial charge in [0.05, 0.1) is 5.69 Å². The van der Waals surface area contributed by atoms with E-state index in [0.29, 0.717) is 0 Å². The molecule has 0 aliphatic heterocycles. The van der Waals surface area contributed by atoms with Crippen LogP contribution in [0.3, 0.4) is 0 Å². The van der Waals surface area contributed by atoms with E-state index in [2.05, 4.69) is 15.4 Å².